The van der Waals surface area contributed by atoms with Gasteiger partial charge in [0.1, 0.15) is 0 Å². The van der Waals surface area contributed by atoms with Crippen LogP contribution in [-0.4, -0.2) is 31.6 Å². The van der Waals surface area contributed by atoms with Crippen LogP contribution in [0.4, 0.5) is 0 Å². The number of carbonyl (C=O) groups excluding carboxylic acids is 1. The van der Waals surface area contributed by atoms with Crippen molar-refractivity contribution in [3.05, 3.63) is 29.8 Å². The van der Waals surface area contributed by atoms with Crippen molar-refractivity contribution in [3.63, 3.8) is 0 Å². The molecule has 5 heteroatoms. The first kappa shape index (κ1) is 14.9. The molecule has 0 aromatic heterocycles. The van der Waals surface area contributed by atoms with Gasteiger partial charge in [-0.3, -0.25) is 4.79 Å². The Kier molecular flexibility index (Phi) is 4.65. The molecule has 0 aliphatic rings. The molecule has 18 heavy (non-hydrogen) atoms. The van der Waals surface area contributed by atoms with Crippen LogP contribution in [0.5, 0.6) is 0 Å². The summed E-state index contributed by atoms with van der Waals surface area (Å²) in [5, 5.41) is 0. The van der Waals surface area contributed by atoms with Gasteiger partial charge < -0.3 is 0 Å². The fourth-order valence-electron chi connectivity index (χ4n) is 1.48. The number of nitrogens with zero attached hydrogens (tertiary/aromatic N) is 1. The average molecular weight is 269 g/mol. The molecule has 1 aromatic carbocycles. The lowest BCUT2D eigenvalue weighted by molar-refractivity contribution is 0.0988. The summed E-state index contributed by atoms with van der Waals surface area (Å²) < 4.78 is 25.8. The summed E-state index contributed by atoms with van der Waals surface area (Å²) in [5.74, 6) is -0.0562. The minimum absolute atomic E-state index is 0.0562. The van der Waals surface area contributed by atoms with E-state index < -0.39 is 10.0 Å². The first-order chi connectivity index (χ1) is 8.30. The lowest BCUT2D eigenvalue weighted by Gasteiger charge is -2.21. The third-order valence-electron chi connectivity index (χ3n) is 2.88. The highest BCUT2D eigenvalue weighted by atomic mass is 32.2. The van der Waals surface area contributed by atoms with Crippen LogP contribution in [0.15, 0.2) is 29.2 Å². The summed E-state index contributed by atoms with van der Waals surface area (Å²) in [4.78, 5) is 11.8. The number of sulfonamides is 1. The van der Waals surface area contributed by atoms with Crippen molar-refractivity contribution in [1.29, 1.82) is 0 Å². The second-order valence-electron chi connectivity index (χ2n) is 4.42. The Morgan fingerprint density at radius 2 is 1.94 bits per heavy atom. The molecule has 1 aromatic rings. The number of rotatable bonds is 5. The van der Waals surface area contributed by atoms with Gasteiger partial charge in [0.05, 0.1) is 4.90 Å². The van der Waals surface area contributed by atoms with Crippen LogP contribution in [0.3, 0.4) is 0 Å². The largest absolute Gasteiger partial charge is 0.294 e. The topological polar surface area (TPSA) is 54.5 Å². The molecule has 0 aliphatic heterocycles. The lowest BCUT2D eigenvalue weighted by atomic mass is 10.1. The monoisotopic (exact) mass is 269 g/mol. The average Bonchev–Trinajstić information content (AvgIpc) is 2.36. The van der Waals surface area contributed by atoms with Gasteiger partial charge in [-0.25, -0.2) is 8.42 Å². The first-order valence-corrected chi connectivity index (χ1v) is 7.36. The highest BCUT2D eigenvalue weighted by Crippen LogP contribution is 2.18. The number of hydrogen-bond acceptors (Lipinski definition) is 3. The molecule has 1 rings (SSSR count). The molecule has 0 fully saturated rings. The van der Waals surface area contributed by atoms with Crippen LogP contribution in [-0.2, 0) is 10.0 Å². The molecule has 0 radical (unpaired) electrons. The standard InChI is InChI=1S/C13H19NO3S/c1-5-13(15)11-7-6-8-12(9-11)18(16,17)14(4)10(2)3/h6-10H,5H2,1-4H3. The van der Waals surface area contributed by atoms with Crippen LogP contribution >= 0.6 is 0 Å². The zero-order valence-electron chi connectivity index (χ0n) is 11.2. The van der Waals surface area contributed by atoms with E-state index in [1.54, 1.807) is 32.9 Å². The predicted molar refractivity (Wildman–Crippen MR) is 71.1 cm³/mol. The SMILES string of the molecule is CCC(=O)c1cccc(S(=O)(=O)N(C)C(C)C)c1. The zero-order chi connectivity index (χ0) is 13.9. The van der Waals surface area contributed by atoms with Crippen molar-refractivity contribution in [2.24, 2.45) is 0 Å². The van der Waals surface area contributed by atoms with Crippen molar-refractivity contribution in [1.82, 2.24) is 4.31 Å². The maximum Gasteiger partial charge on any atom is 0.243 e. The van der Waals surface area contributed by atoms with Gasteiger partial charge in [0.2, 0.25) is 10.0 Å². The Labute approximate surface area is 109 Å². The molecule has 0 bridgehead atoms. The van der Waals surface area contributed by atoms with Crippen LogP contribution < -0.4 is 0 Å². The molecule has 0 heterocycles. The van der Waals surface area contributed by atoms with Gasteiger partial charge in [-0.15, -0.1) is 0 Å². The molecule has 0 unspecified atom stereocenters. The van der Waals surface area contributed by atoms with E-state index in [0.717, 1.165) is 0 Å². The van der Waals surface area contributed by atoms with E-state index in [1.165, 1.54) is 23.5 Å². The van der Waals surface area contributed by atoms with E-state index in [1.807, 2.05) is 0 Å². The molecular weight excluding hydrogens is 250 g/mol. The fraction of sp³-hybridized carbons (Fsp3) is 0.462. The summed E-state index contributed by atoms with van der Waals surface area (Å²) >= 11 is 0. The van der Waals surface area contributed by atoms with Crippen molar-refractivity contribution in [3.8, 4) is 0 Å². The Bertz CT molecular complexity index is 535. The second kappa shape index (κ2) is 5.63. The molecule has 0 saturated carbocycles. The molecule has 0 aliphatic carbocycles. The summed E-state index contributed by atoms with van der Waals surface area (Å²) in [6.45, 7) is 5.36. The van der Waals surface area contributed by atoms with Crippen molar-refractivity contribution >= 4 is 15.8 Å². The molecule has 0 N–H and O–H groups in total. The van der Waals surface area contributed by atoms with Crippen LogP contribution in [0.25, 0.3) is 0 Å². The molecular formula is C13H19NO3S. The lowest BCUT2D eigenvalue weighted by Crippen LogP contribution is -2.33. The van der Waals surface area contributed by atoms with E-state index >= 15 is 0 Å². The summed E-state index contributed by atoms with van der Waals surface area (Å²) in [7, 11) is -1.99. The van der Waals surface area contributed by atoms with Gasteiger partial charge in [0, 0.05) is 25.1 Å². The third kappa shape index (κ3) is 2.97. The normalized spacial score (nSPS) is 12.1. The fourth-order valence-corrected chi connectivity index (χ4v) is 2.89. The zero-order valence-corrected chi connectivity index (χ0v) is 12.0. The number of ketones is 1. The predicted octanol–water partition coefficient (Wildman–Crippen LogP) is 2.31. The molecule has 0 spiro atoms. The third-order valence-corrected chi connectivity index (χ3v) is 4.91. The smallest absolute Gasteiger partial charge is 0.243 e. The molecule has 100 valence electrons. The van der Waals surface area contributed by atoms with E-state index in [0.29, 0.717) is 12.0 Å². The van der Waals surface area contributed by atoms with Gasteiger partial charge >= 0.3 is 0 Å². The summed E-state index contributed by atoms with van der Waals surface area (Å²) in [5.41, 5.74) is 0.440. The van der Waals surface area contributed by atoms with E-state index in [9.17, 15) is 13.2 Å². The van der Waals surface area contributed by atoms with Gasteiger partial charge in [-0.1, -0.05) is 19.1 Å². The molecule has 0 amide bonds. The van der Waals surface area contributed by atoms with Gasteiger partial charge in [-0.2, -0.15) is 4.31 Å². The number of carbonyl (C=O) groups is 1. The van der Waals surface area contributed by atoms with Crippen molar-refractivity contribution in [2.45, 2.75) is 38.1 Å². The van der Waals surface area contributed by atoms with E-state index in [-0.39, 0.29) is 16.7 Å². The maximum atomic E-state index is 12.3. The number of Topliss-reactive ketones (excluding diaryl/α,β-unsaturated/α-hetero) is 1. The van der Waals surface area contributed by atoms with Crippen LogP contribution in [0.1, 0.15) is 37.6 Å². The maximum absolute atomic E-state index is 12.3. The van der Waals surface area contributed by atoms with E-state index in [4.69, 9.17) is 0 Å². The first-order valence-electron chi connectivity index (χ1n) is 5.92. The van der Waals surface area contributed by atoms with E-state index in [2.05, 4.69) is 0 Å². The Morgan fingerprint density at radius 3 is 2.44 bits per heavy atom. The van der Waals surface area contributed by atoms with Crippen molar-refractivity contribution < 1.29 is 13.2 Å². The second-order valence-corrected chi connectivity index (χ2v) is 6.42. The minimum atomic E-state index is -3.52. The molecule has 4 nitrogen and oxygen atoms in total. The quantitative estimate of drug-likeness (QED) is 0.771. The van der Waals surface area contributed by atoms with Crippen LogP contribution in [0, 0.1) is 0 Å². The summed E-state index contributed by atoms with van der Waals surface area (Å²) in [6.07, 6.45) is 0.365. The van der Waals surface area contributed by atoms with Gasteiger partial charge in [0.15, 0.2) is 5.78 Å². The summed E-state index contributed by atoms with van der Waals surface area (Å²) in [6, 6.07) is 6.07. The Morgan fingerprint density at radius 1 is 1.33 bits per heavy atom. The number of benzene rings is 1. The minimum Gasteiger partial charge on any atom is -0.294 e. The van der Waals surface area contributed by atoms with Gasteiger partial charge in [0.25, 0.3) is 0 Å². The molecule has 0 atom stereocenters. The van der Waals surface area contributed by atoms with Crippen LogP contribution in [0.2, 0.25) is 0 Å². The highest BCUT2D eigenvalue weighted by molar-refractivity contribution is 7.89. The Balaban J connectivity index is 3.22. The Hall–Kier alpha value is -1.20. The number of hydrogen-bond donors (Lipinski definition) is 0. The van der Waals surface area contributed by atoms with Crippen molar-refractivity contribution in [2.75, 3.05) is 7.05 Å². The highest BCUT2D eigenvalue weighted by Gasteiger charge is 2.23. The molecule has 0 saturated heterocycles. The van der Waals surface area contributed by atoms with Gasteiger partial charge in [-0.05, 0) is 26.0 Å².